The molecule has 10 heteroatoms. The molecule has 0 heterocycles. The molecular formula is C8H7N5O5. The summed E-state index contributed by atoms with van der Waals surface area (Å²) in [5.74, 6) is 0. The molecule has 18 heavy (non-hydrogen) atoms. The number of rotatable bonds is 6. The van der Waals surface area contributed by atoms with Gasteiger partial charge in [0.25, 0.3) is 0 Å². The molecule has 0 atom stereocenters. The predicted octanol–water partition coefficient (Wildman–Crippen LogP) is 0.0961. The summed E-state index contributed by atoms with van der Waals surface area (Å²) >= 11 is 0. The van der Waals surface area contributed by atoms with E-state index in [0.717, 1.165) is 6.07 Å². The Kier molecular flexibility index (Phi) is 4.26. The van der Waals surface area contributed by atoms with E-state index in [0.29, 0.717) is 5.01 Å². The minimum atomic E-state index is -0.732. The fourth-order valence-corrected chi connectivity index (χ4v) is 1.10. The Hall–Kier alpha value is -3.04. The number of hydrazine groups is 1. The second-order valence-corrected chi connectivity index (χ2v) is 2.81. The summed E-state index contributed by atoms with van der Waals surface area (Å²) in [5.41, 5.74) is 0.977. The number of carbonyl (C=O) groups excluding carboxylic acids is 2. The van der Waals surface area contributed by atoms with Gasteiger partial charge >= 0.3 is 12.1 Å². The van der Waals surface area contributed by atoms with Gasteiger partial charge in [-0.05, 0) is 11.0 Å². The van der Waals surface area contributed by atoms with Crippen LogP contribution in [0.4, 0.5) is 11.4 Å². The van der Waals surface area contributed by atoms with Crippen LogP contribution in [0.2, 0.25) is 0 Å². The van der Waals surface area contributed by atoms with Crippen LogP contribution in [0.15, 0.2) is 29.5 Å². The lowest BCUT2D eigenvalue weighted by atomic mass is 10.2. The van der Waals surface area contributed by atoms with Crippen molar-refractivity contribution in [2.24, 2.45) is 5.22 Å². The molecule has 0 aliphatic carbocycles. The smallest absolute Gasteiger partial charge is 0.323 e. The van der Waals surface area contributed by atoms with E-state index in [9.17, 15) is 24.9 Å². The van der Waals surface area contributed by atoms with Gasteiger partial charge in [-0.1, -0.05) is 17.1 Å². The molecule has 10 nitrogen and oxygen atoms in total. The van der Waals surface area contributed by atoms with Gasteiger partial charge in [0.1, 0.15) is 5.22 Å². The van der Waals surface area contributed by atoms with Crippen molar-refractivity contribution in [3.63, 3.8) is 0 Å². The number of nitrogens with zero attached hydrogens (tertiary/aromatic N) is 4. The molecule has 1 aromatic carbocycles. The van der Waals surface area contributed by atoms with Gasteiger partial charge in [-0.25, -0.2) is 4.79 Å². The van der Waals surface area contributed by atoms with Crippen LogP contribution in [0.25, 0.3) is 0 Å². The highest BCUT2D eigenvalue weighted by molar-refractivity contribution is 5.79. The van der Waals surface area contributed by atoms with Crippen molar-refractivity contribution in [2.75, 3.05) is 5.01 Å². The zero-order chi connectivity index (χ0) is 13.5. The van der Waals surface area contributed by atoms with Gasteiger partial charge in [0.15, 0.2) is 0 Å². The zero-order valence-electron chi connectivity index (χ0n) is 8.79. The third-order valence-electron chi connectivity index (χ3n) is 1.77. The topological polar surface area (TPSA) is 131 Å². The van der Waals surface area contributed by atoms with Crippen molar-refractivity contribution in [3.05, 3.63) is 39.6 Å². The van der Waals surface area contributed by atoms with Gasteiger partial charge in [0.2, 0.25) is 12.1 Å². The maximum absolute atomic E-state index is 10.9. The van der Waals surface area contributed by atoms with E-state index in [-0.39, 0.29) is 23.5 Å². The largest absolute Gasteiger partial charge is 0.672 e. The van der Waals surface area contributed by atoms with E-state index < -0.39 is 10.6 Å². The molecular weight excluding hydrogens is 246 g/mol. The van der Waals surface area contributed by atoms with Crippen LogP contribution in [-0.2, 0) is 9.59 Å². The van der Waals surface area contributed by atoms with E-state index in [1.807, 2.05) is 0 Å². The Morgan fingerprint density at radius 1 is 1.28 bits per heavy atom. The first kappa shape index (κ1) is 13.0. The molecule has 1 N–H and O–H groups in total. The Balaban J connectivity index is 3.17. The molecule has 94 valence electrons. The molecule has 0 saturated carbocycles. The SMILES string of the molecule is O=CN[N+]([O-])=NN(C=O)c1ccccc1[N+](=O)[O-]. The number of nitro benzene ring substituents is 1. The molecule has 0 aliphatic rings. The number of hydrogen-bond acceptors (Lipinski definition) is 6. The van der Waals surface area contributed by atoms with E-state index in [4.69, 9.17) is 0 Å². The van der Waals surface area contributed by atoms with Crippen molar-refractivity contribution in [3.8, 4) is 0 Å². The van der Waals surface area contributed by atoms with Gasteiger partial charge in [0.05, 0.1) is 4.92 Å². The van der Waals surface area contributed by atoms with E-state index in [1.54, 1.807) is 5.43 Å². The third-order valence-corrected chi connectivity index (χ3v) is 1.77. The molecule has 0 saturated heterocycles. The lowest BCUT2D eigenvalue weighted by molar-refractivity contribution is -0.575. The Bertz CT molecular complexity index is 502. The van der Waals surface area contributed by atoms with Crippen LogP contribution < -0.4 is 10.4 Å². The van der Waals surface area contributed by atoms with Crippen LogP contribution in [0.1, 0.15) is 0 Å². The highest BCUT2D eigenvalue weighted by Crippen LogP contribution is 2.26. The quantitative estimate of drug-likeness (QED) is 0.252. The Morgan fingerprint density at radius 2 is 1.94 bits per heavy atom. The third kappa shape index (κ3) is 2.98. The molecule has 0 fully saturated rings. The van der Waals surface area contributed by atoms with Gasteiger partial charge in [-0.3, -0.25) is 14.9 Å². The van der Waals surface area contributed by atoms with Crippen LogP contribution in [0, 0.1) is 15.3 Å². The fraction of sp³-hybridized carbons (Fsp3) is 0. The predicted molar refractivity (Wildman–Crippen MR) is 56.9 cm³/mol. The molecule has 0 radical (unpaired) electrons. The van der Waals surface area contributed by atoms with Crippen molar-refractivity contribution in [1.82, 2.24) is 5.43 Å². The maximum atomic E-state index is 10.9. The number of hydrogen-bond donors (Lipinski definition) is 1. The molecule has 0 bridgehead atoms. The van der Waals surface area contributed by atoms with E-state index in [2.05, 4.69) is 5.22 Å². The Morgan fingerprint density at radius 3 is 2.50 bits per heavy atom. The standard InChI is InChI=1S/C8H7N5O5/c14-5-9-13(18)10-11(6-15)7-3-1-2-4-8(7)12(16)17/h1-6H,(H,9,10,14). The molecule has 0 unspecified atom stereocenters. The van der Waals surface area contributed by atoms with Crippen molar-refractivity contribution in [2.45, 2.75) is 0 Å². The van der Waals surface area contributed by atoms with Crippen LogP contribution in [0.5, 0.6) is 0 Å². The number of anilines is 1. The average Bonchev–Trinajstić information content (AvgIpc) is 2.36. The monoisotopic (exact) mass is 253 g/mol. The minimum absolute atomic E-state index is 0.0406. The first-order chi connectivity index (χ1) is 8.60. The van der Waals surface area contributed by atoms with Gasteiger partial charge in [-0.15, -0.1) is 0 Å². The lowest BCUT2D eigenvalue weighted by Crippen LogP contribution is -2.26. The molecule has 1 aromatic rings. The van der Waals surface area contributed by atoms with Crippen LogP contribution in [-0.4, -0.2) is 22.7 Å². The first-order valence-corrected chi connectivity index (χ1v) is 4.46. The minimum Gasteiger partial charge on any atom is -0.672 e. The second kappa shape index (κ2) is 5.89. The number of amides is 2. The van der Waals surface area contributed by atoms with E-state index >= 15 is 0 Å². The number of nitrogens with one attached hydrogen (secondary N) is 1. The summed E-state index contributed by atoms with van der Waals surface area (Å²) in [7, 11) is 0. The molecule has 2 amide bonds. The molecule has 0 aromatic heterocycles. The van der Waals surface area contributed by atoms with Crippen LogP contribution in [0.3, 0.4) is 0 Å². The summed E-state index contributed by atoms with van der Waals surface area (Å²) in [4.78, 5) is 30.4. The summed E-state index contributed by atoms with van der Waals surface area (Å²) in [6, 6.07) is 5.19. The van der Waals surface area contributed by atoms with Gasteiger partial charge < -0.3 is 5.21 Å². The van der Waals surface area contributed by atoms with Crippen LogP contribution >= 0.6 is 0 Å². The molecule has 0 aliphatic heterocycles. The molecule has 0 spiro atoms. The summed E-state index contributed by atoms with van der Waals surface area (Å²) in [5, 5.41) is 25.1. The lowest BCUT2D eigenvalue weighted by Gasteiger charge is -2.06. The average molecular weight is 253 g/mol. The van der Waals surface area contributed by atoms with E-state index in [1.165, 1.54) is 18.2 Å². The normalized spacial score (nSPS) is 10.6. The first-order valence-electron chi connectivity index (χ1n) is 4.46. The van der Waals surface area contributed by atoms with Gasteiger partial charge in [-0.2, -0.15) is 5.43 Å². The fourth-order valence-electron chi connectivity index (χ4n) is 1.10. The number of benzene rings is 1. The number of nitro groups is 1. The summed E-state index contributed by atoms with van der Waals surface area (Å²) in [6.45, 7) is 0. The second-order valence-electron chi connectivity index (χ2n) is 2.81. The maximum Gasteiger partial charge on any atom is 0.323 e. The summed E-state index contributed by atoms with van der Waals surface area (Å²) < 4.78 is 0. The van der Waals surface area contributed by atoms with Crippen molar-refractivity contribution in [1.29, 1.82) is 0 Å². The van der Waals surface area contributed by atoms with Crippen molar-refractivity contribution >= 4 is 24.2 Å². The number of para-hydroxylation sites is 2. The zero-order valence-corrected chi connectivity index (χ0v) is 8.79. The highest BCUT2D eigenvalue weighted by atomic mass is 16.6. The Labute approximate surface area is 99.8 Å². The number of carbonyl (C=O) groups is 2. The van der Waals surface area contributed by atoms with Gasteiger partial charge in [0, 0.05) is 6.07 Å². The highest BCUT2D eigenvalue weighted by Gasteiger charge is 2.24. The van der Waals surface area contributed by atoms with Crippen molar-refractivity contribution < 1.29 is 19.5 Å². The molecule has 1 rings (SSSR count). The summed E-state index contributed by atoms with van der Waals surface area (Å²) in [6.07, 6.45) is 0.138.